The third-order valence-corrected chi connectivity index (χ3v) is 4.22. The zero-order valence-electron chi connectivity index (χ0n) is 12.1. The number of halogens is 1. The molecule has 0 spiro atoms. The van der Waals surface area contributed by atoms with Crippen LogP contribution >= 0.6 is 23.6 Å². The van der Waals surface area contributed by atoms with Gasteiger partial charge in [0, 0.05) is 5.56 Å². The first-order valence-corrected chi connectivity index (χ1v) is 7.99. The molecule has 0 saturated heterocycles. The summed E-state index contributed by atoms with van der Waals surface area (Å²) in [6, 6.07) is 11.6. The van der Waals surface area contributed by atoms with E-state index in [4.69, 9.17) is 12.2 Å². The Kier molecular flexibility index (Phi) is 4.31. The lowest BCUT2D eigenvalue weighted by molar-refractivity contribution is 0.0977. The maximum atomic E-state index is 13.2. The lowest BCUT2D eigenvalue weighted by Gasteiger charge is -2.07. The molecule has 4 nitrogen and oxygen atoms in total. The predicted molar refractivity (Wildman–Crippen MR) is 94.4 cm³/mol. The summed E-state index contributed by atoms with van der Waals surface area (Å²) >= 11 is 6.39. The minimum absolute atomic E-state index is 0.149. The zero-order valence-corrected chi connectivity index (χ0v) is 13.7. The monoisotopic (exact) mass is 345 g/mol. The summed E-state index contributed by atoms with van der Waals surface area (Å²) in [5, 5.41) is 6.10. The van der Waals surface area contributed by atoms with Crippen molar-refractivity contribution in [1.29, 1.82) is 0 Å². The maximum absolute atomic E-state index is 13.2. The van der Waals surface area contributed by atoms with Gasteiger partial charge in [0.15, 0.2) is 10.2 Å². The number of benzene rings is 2. The number of fused-ring (bicyclic) bond motifs is 1. The van der Waals surface area contributed by atoms with Crippen molar-refractivity contribution in [2.45, 2.75) is 6.92 Å². The van der Waals surface area contributed by atoms with Gasteiger partial charge >= 0.3 is 0 Å². The SMILES string of the molecule is Cc1cccc(C(=O)NC(=S)Nc2nc3ccc(F)cc3s2)c1. The summed E-state index contributed by atoms with van der Waals surface area (Å²) in [5.41, 5.74) is 2.19. The van der Waals surface area contributed by atoms with E-state index in [0.29, 0.717) is 20.9 Å². The Hall–Kier alpha value is -2.38. The van der Waals surface area contributed by atoms with Gasteiger partial charge in [-0.2, -0.15) is 0 Å². The number of aromatic nitrogens is 1. The number of rotatable bonds is 2. The normalized spacial score (nSPS) is 10.5. The Morgan fingerprint density at radius 3 is 2.87 bits per heavy atom. The average molecular weight is 345 g/mol. The highest BCUT2D eigenvalue weighted by Gasteiger charge is 2.10. The highest BCUT2D eigenvalue weighted by atomic mass is 32.1. The molecule has 0 radical (unpaired) electrons. The van der Waals surface area contributed by atoms with E-state index < -0.39 is 0 Å². The molecule has 2 aromatic carbocycles. The number of hydrogen-bond acceptors (Lipinski definition) is 4. The van der Waals surface area contributed by atoms with Crippen LogP contribution in [-0.4, -0.2) is 16.0 Å². The van der Waals surface area contributed by atoms with Crippen molar-refractivity contribution in [2.75, 3.05) is 5.32 Å². The third-order valence-electron chi connectivity index (χ3n) is 3.08. The fraction of sp³-hybridized carbons (Fsp3) is 0.0625. The van der Waals surface area contributed by atoms with Gasteiger partial charge in [0.05, 0.1) is 10.2 Å². The standard InChI is InChI=1S/C16H12FN3OS2/c1-9-3-2-4-10(7-9)14(21)19-15(22)20-16-18-12-6-5-11(17)8-13(12)23-16/h2-8H,1H3,(H2,18,19,20,21,22). The van der Waals surface area contributed by atoms with E-state index in [0.717, 1.165) is 5.56 Å². The van der Waals surface area contributed by atoms with Crippen molar-refractivity contribution in [3.8, 4) is 0 Å². The second-order valence-electron chi connectivity index (χ2n) is 4.91. The first-order chi connectivity index (χ1) is 11.0. The van der Waals surface area contributed by atoms with Gasteiger partial charge in [0.2, 0.25) is 0 Å². The minimum atomic E-state index is -0.317. The second-order valence-corrected chi connectivity index (χ2v) is 6.35. The van der Waals surface area contributed by atoms with E-state index in [2.05, 4.69) is 15.6 Å². The van der Waals surface area contributed by atoms with Crippen LogP contribution in [0.4, 0.5) is 9.52 Å². The summed E-state index contributed by atoms with van der Waals surface area (Å²) in [6.07, 6.45) is 0. The smallest absolute Gasteiger partial charge is 0.257 e. The highest BCUT2D eigenvalue weighted by molar-refractivity contribution is 7.80. The Morgan fingerprint density at radius 1 is 1.26 bits per heavy atom. The Labute approximate surface area is 141 Å². The van der Waals surface area contributed by atoms with E-state index in [1.54, 1.807) is 18.2 Å². The predicted octanol–water partition coefficient (Wildman–Crippen LogP) is 3.87. The van der Waals surface area contributed by atoms with E-state index in [1.807, 2.05) is 19.1 Å². The van der Waals surface area contributed by atoms with Crippen LogP contribution < -0.4 is 10.6 Å². The van der Waals surface area contributed by atoms with E-state index in [9.17, 15) is 9.18 Å². The van der Waals surface area contributed by atoms with Crippen molar-refractivity contribution < 1.29 is 9.18 Å². The Morgan fingerprint density at radius 2 is 2.09 bits per heavy atom. The van der Waals surface area contributed by atoms with Crippen LogP contribution in [0.5, 0.6) is 0 Å². The fourth-order valence-electron chi connectivity index (χ4n) is 2.04. The minimum Gasteiger partial charge on any atom is -0.308 e. The molecule has 0 atom stereocenters. The molecule has 0 bridgehead atoms. The van der Waals surface area contributed by atoms with Gasteiger partial charge in [-0.15, -0.1) is 0 Å². The fourth-order valence-corrected chi connectivity index (χ4v) is 3.19. The molecule has 0 unspecified atom stereocenters. The van der Waals surface area contributed by atoms with Crippen LogP contribution in [0.3, 0.4) is 0 Å². The molecule has 1 heterocycles. The third kappa shape index (κ3) is 3.69. The van der Waals surface area contributed by atoms with Crippen LogP contribution in [0.15, 0.2) is 42.5 Å². The van der Waals surface area contributed by atoms with Crippen molar-refractivity contribution in [3.05, 3.63) is 59.4 Å². The Bertz CT molecular complexity index is 907. The number of carbonyl (C=O) groups is 1. The summed E-state index contributed by atoms with van der Waals surface area (Å²) < 4.78 is 13.9. The molecule has 0 fully saturated rings. The average Bonchev–Trinajstić information content (AvgIpc) is 2.88. The molecule has 3 aromatic rings. The van der Waals surface area contributed by atoms with E-state index in [1.165, 1.54) is 23.5 Å². The van der Waals surface area contributed by atoms with Gasteiger partial charge in [0.25, 0.3) is 5.91 Å². The van der Waals surface area contributed by atoms with E-state index in [-0.39, 0.29) is 16.8 Å². The van der Waals surface area contributed by atoms with Gasteiger partial charge in [-0.3, -0.25) is 10.1 Å². The number of nitrogens with zero attached hydrogens (tertiary/aromatic N) is 1. The molecule has 3 rings (SSSR count). The molecular weight excluding hydrogens is 333 g/mol. The van der Waals surface area contributed by atoms with Crippen LogP contribution in [0.25, 0.3) is 10.2 Å². The quantitative estimate of drug-likeness (QED) is 0.692. The molecule has 0 saturated carbocycles. The van der Waals surface area contributed by atoms with Crippen molar-refractivity contribution in [3.63, 3.8) is 0 Å². The van der Waals surface area contributed by atoms with Crippen molar-refractivity contribution in [2.24, 2.45) is 0 Å². The lowest BCUT2D eigenvalue weighted by atomic mass is 10.1. The van der Waals surface area contributed by atoms with Crippen molar-refractivity contribution >= 4 is 49.9 Å². The lowest BCUT2D eigenvalue weighted by Crippen LogP contribution is -2.34. The molecule has 1 aromatic heterocycles. The Balaban J connectivity index is 1.69. The molecular formula is C16H12FN3OS2. The summed E-state index contributed by atoms with van der Waals surface area (Å²) in [5.74, 6) is -0.610. The molecule has 1 amide bonds. The number of nitrogens with one attached hydrogen (secondary N) is 2. The number of amides is 1. The molecule has 7 heteroatoms. The van der Waals surface area contributed by atoms with Gasteiger partial charge in [-0.1, -0.05) is 29.0 Å². The first-order valence-electron chi connectivity index (χ1n) is 6.76. The maximum Gasteiger partial charge on any atom is 0.257 e. The number of thiazole rings is 1. The number of anilines is 1. The van der Waals surface area contributed by atoms with Crippen molar-refractivity contribution in [1.82, 2.24) is 10.3 Å². The number of hydrogen-bond donors (Lipinski definition) is 2. The molecule has 2 N–H and O–H groups in total. The summed E-state index contributed by atoms with van der Waals surface area (Å²) in [7, 11) is 0. The second kappa shape index (κ2) is 6.39. The summed E-state index contributed by atoms with van der Waals surface area (Å²) in [6.45, 7) is 1.91. The van der Waals surface area contributed by atoms with Gasteiger partial charge < -0.3 is 5.32 Å². The molecule has 0 aliphatic rings. The highest BCUT2D eigenvalue weighted by Crippen LogP contribution is 2.26. The van der Waals surface area contributed by atoms with Gasteiger partial charge in [0.1, 0.15) is 5.82 Å². The van der Waals surface area contributed by atoms with Crippen LogP contribution in [0, 0.1) is 12.7 Å². The summed E-state index contributed by atoms with van der Waals surface area (Å²) in [4.78, 5) is 16.4. The van der Waals surface area contributed by atoms with Crippen LogP contribution in [0.1, 0.15) is 15.9 Å². The molecule has 23 heavy (non-hydrogen) atoms. The number of thiocarbonyl (C=S) groups is 1. The topological polar surface area (TPSA) is 54.0 Å². The molecule has 0 aliphatic heterocycles. The largest absolute Gasteiger partial charge is 0.308 e. The number of aryl methyl sites for hydroxylation is 1. The van der Waals surface area contributed by atoms with Crippen LogP contribution in [-0.2, 0) is 0 Å². The number of carbonyl (C=O) groups excluding carboxylic acids is 1. The zero-order chi connectivity index (χ0) is 16.4. The first kappa shape index (κ1) is 15.5. The van der Waals surface area contributed by atoms with E-state index >= 15 is 0 Å². The van der Waals surface area contributed by atoms with Crippen LogP contribution in [0.2, 0.25) is 0 Å². The van der Waals surface area contributed by atoms with Gasteiger partial charge in [-0.05, 0) is 49.5 Å². The van der Waals surface area contributed by atoms with Gasteiger partial charge in [-0.25, -0.2) is 9.37 Å². The molecule has 116 valence electrons. The molecule has 0 aliphatic carbocycles.